The highest BCUT2D eigenvalue weighted by Gasteiger charge is 2.01. The van der Waals surface area contributed by atoms with E-state index in [0.29, 0.717) is 5.95 Å². The second-order valence-corrected chi connectivity index (χ2v) is 5.06. The van der Waals surface area contributed by atoms with Crippen molar-refractivity contribution in [1.29, 1.82) is 0 Å². The molecule has 0 saturated carbocycles. The second kappa shape index (κ2) is 6.92. The van der Waals surface area contributed by atoms with Crippen LogP contribution in [0.2, 0.25) is 0 Å². The van der Waals surface area contributed by atoms with Crippen molar-refractivity contribution in [2.24, 2.45) is 5.10 Å². The van der Waals surface area contributed by atoms with Gasteiger partial charge in [0.15, 0.2) is 0 Å². The van der Waals surface area contributed by atoms with Crippen molar-refractivity contribution in [3.05, 3.63) is 41.2 Å². The number of imidazole rings is 1. The minimum atomic E-state index is 0.389. The van der Waals surface area contributed by atoms with Gasteiger partial charge >= 0.3 is 0 Å². The fourth-order valence-corrected chi connectivity index (χ4v) is 1.97. The minimum absolute atomic E-state index is 0.389. The topological polar surface area (TPSA) is 65.4 Å². The van der Waals surface area contributed by atoms with Crippen molar-refractivity contribution in [1.82, 2.24) is 9.66 Å². The predicted octanol–water partition coefficient (Wildman–Crippen LogP) is 3.14. The first kappa shape index (κ1) is 15.1. The number of aromatic nitrogens is 2. The van der Waals surface area contributed by atoms with Crippen LogP contribution in [0.15, 0.2) is 29.5 Å². The summed E-state index contributed by atoms with van der Waals surface area (Å²) in [6.45, 7) is 6.83. The summed E-state index contributed by atoms with van der Waals surface area (Å²) in [6.07, 6.45) is 5.76. The molecule has 0 saturated heterocycles. The molecule has 1 heterocycles. The predicted molar refractivity (Wildman–Crippen MR) is 86.0 cm³/mol. The van der Waals surface area contributed by atoms with E-state index >= 15 is 0 Å². The van der Waals surface area contributed by atoms with Crippen LogP contribution < -0.4 is 10.5 Å². The highest BCUT2D eigenvalue weighted by atomic mass is 16.5. The van der Waals surface area contributed by atoms with Gasteiger partial charge < -0.3 is 10.5 Å². The highest BCUT2D eigenvalue weighted by Crippen LogP contribution is 2.19. The number of aryl methyl sites for hydroxylation is 2. The van der Waals surface area contributed by atoms with Crippen molar-refractivity contribution in [3.8, 4) is 5.75 Å². The summed E-state index contributed by atoms with van der Waals surface area (Å²) in [4.78, 5) is 4.10. The van der Waals surface area contributed by atoms with Gasteiger partial charge in [0, 0.05) is 0 Å². The third kappa shape index (κ3) is 4.08. The van der Waals surface area contributed by atoms with Crippen LogP contribution in [0.5, 0.6) is 5.75 Å². The lowest BCUT2D eigenvalue weighted by molar-refractivity contribution is 0.307. The van der Waals surface area contributed by atoms with E-state index in [0.717, 1.165) is 42.0 Å². The fraction of sp³-hybridized carbons (Fsp3) is 0.375. The van der Waals surface area contributed by atoms with Crippen LogP contribution >= 0.6 is 0 Å². The zero-order chi connectivity index (χ0) is 15.2. The minimum Gasteiger partial charge on any atom is -0.493 e. The molecule has 2 N–H and O–H groups in total. The van der Waals surface area contributed by atoms with Gasteiger partial charge in [-0.3, -0.25) is 0 Å². The SMILES string of the molecule is CCCCOc1ccc(C=Nn2cc(C)nc2N)cc1C. The van der Waals surface area contributed by atoms with E-state index in [1.807, 2.05) is 32.0 Å². The Morgan fingerprint density at radius 3 is 2.81 bits per heavy atom. The van der Waals surface area contributed by atoms with E-state index in [2.05, 4.69) is 17.0 Å². The average Bonchev–Trinajstić information content (AvgIpc) is 2.77. The first-order valence-corrected chi connectivity index (χ1v) is 7.19. The third-order valence-corrected chi connectivity index (χ3v) is 3.12. The average molecular weight is 286 g/mol. The van der Waals surface area contributed by atoms with Gasteiger partial charge in [-0.2, -0.15) is 5.10 Å². The monoisotopic (exact) mass is 286 g/mol. The maximum atomic E-state index is 5.75. The van der Waals surface area contributed by atoms with E-state index in [4.69, 9.17) is 10.5 Å². The van der Waals surface area contributed by atoms with E-state index < -0.39 is 0 Å². The van der Waals surface area contributed by atoms with Crippen LogP contribution in [0, 0.1) is 13.8 Å². The molecule has 0 amide bonds. The molecule has 1 aromatic carbocycles. The molecule has 0 aliphatic carbocycles. The molecule has 5 heteroatoms. The van der Waals surface area contributed by atoms with E-state index in [9.17, 15) is 0 Å². The number of nitrogens with two attached hydrogens (primary N) is 1. The lowest BCUT2D eigenvalue weighted by Gasteiger charge is -2.08. The number of nitrogens with zero attached hydrogens (tertiary/aromatic N) is 3. The van der Waals surface area contributed by atoms with Crippen molar-refractivity contribution in [3.63, 3.8) is 0 Å². The number of unbranched alkanes of at least 4 members (excludes halogenated alkanes) is 1. The summed E-state index contributed by atoms with van der Waals surface area (Å²) in [5, 5.41) is 4.31. The lowest BCUT2D eigenvalue weighted by Crippen LogP contribution is -1.99. The molecule has 2 aromatic rings. The summed E-state index contributed by atoms with van der Waals surface area (Å²) in [5.74, 6) is 1.32. The maximum absolute atomic E-state index is 5.75. The number of hydrogen-bond acceptors (Lipinski definition) is 4. The molecule has 0 aliphatic rings. The summed E-state index contributed by atoms with van der Waals surface area (Å²) < 4.78 is 7.30. The van der Waals surface area contributed by atoms with Crippen molar-refractivity contribution < 1.29 is 4.74 Å². The molecular weight excluding hydrogens is 264 g/mol. The van der Waals surface area contributed by atoms with Gasteiger partial charge in [-0.25, -0.2) is 9.66 Å². The number of nitrogen functional groups attached to an aromatic ring is 1. The second-order valence-electron chi connectivity index (χ2n) is 5.06. The molecule has 0 aliphatic heterocycles. The van der Waals surface area contributed by atoms with Crippen molar-refractivity contribution in [2.75, 3.05) is 12.3 Å². The Bertz CT molecular complexity index is 631. The Hall–Kier alpha value is -2.30. The Morgan fingerprint density at radius 1 is 1.38 bits per heavy atom. The largest absolute Gasteiger partial charge is 0.493 e. The molecule has 21 heavy (non-hydrogen) atoms. The number of anilines is 1. The van der Waals surface area contributed by atoms with Gasteiger partial charge in [-0.15, -0.1) is 0 Å². The van der Waals surface area contributed by atoms with Crippen LogP contribution in [0.3, 0.4) is 0 Å². The summed E-state index contributed by atoms with van der Waals surface area (Å²) in [5.41, 5.74) is 8.70. The molecule has 112 valence electrons. The zero-order valence-electron chi connectivity index (χ0n) is 12.8. The van der Waals surface area contributed by atoms with E-state index in [-0.39, 0.29) is 0 Å². The van der Waals surface area contributed by atoms with Crippen molar-refractivity contribution >= 4 is 12.2 Å². The Kier molecular flexibility index (Phi) is 4.98. The van der Waals surface area contributed by atoms with Crippen LogP contribution in [-0.2, 0) is 0 Å². The molecule has 0 spiro atoms. The standard InChI is InChI=1S/C16H22N4O/c1-4-5-8-21-15-7-6-14(9-12(15)2)10-18-20-11-13(3)19-16(20)17/h6-7,9-11H,4-5,8H2,1-3H3,(H2,17,19). The maximum Gasteiger partial charge on any atom is 0.221 e. The first-order chi connectivity index (χ1) is 10.1. The van der Waals surface area contributed by atoms with Gasteiger partial charge in [-0.1, -0.05) is 13.3 Å². The van der Waals surface area contributed by atoms with E-state index in [1.54, 1.807) is 17.1 Å². The first-order valence-electron chi connectivity index (χ1n) is 7.19. The van der Waals surface area contributed by atoms with Crippen LogP contribution in [-0.4, -0.2) is 22.5 Å². The molecular formula is C16H22N4O. The number of hydrogen-bond donors (Lipinski definition) is 1. The van der Waals surface area contributed by atoms with Gasteiger partial charge in [-0.05, 0) is 49.6 Å². The van der Waals surface area contributed by atoms with Crippen LogP contribution in [0.4, 0.5) is 5.95 Å². The smallest absolute Gasteiger partial charge is 0.221 e. The molecule has 0 atom stereocenters. The quantitative estimate of drug-likeness (QED) is 0.655. The molecule has 0 radical (unpaired) electrons. The van der Waals surface area contributed by atoms with Gasteiger partial charge in [0.1, 0.15) is 5.75 Å². The molecule has 0 bridgehead atoms. The van der Waals surface area contributed by atoms with Gasteiger partial charge in [0.25, 0.3) is 0 Å². The fourth-order valence-electron chi connectivity index (χ4n) is 1.97. The van der Waals surface area contributed by atoms with E-state index in [1.165, 1.54) is 0 Å². The van der Waals surface area contributed by atoms with Crippen molar-refractivity contribution in [2.45, 2.75) is 33.6 Å². The normalized spacial score (nSPS) is 11.2. The third-order valence-electron chi connectivity index (χ3n) is 3.12. The van der Waals surface area contributed by atoms with Gasteiger partial charge in [0.2, 0.25) is 5.95 Å². The molecule has 2 rings (SSSR count). The Labute approximate surface area is 125 Å². The molecule has 1 aromatic heterocycles. The van der Waals surface area contributed by atoms with Crippen LogP contribution in [0.25, 0.3) is 0 Å². The number of benzene rings is 1. The molecule has 0 unspecified atom stereocenters. The number of rotatable bonds is 6. The summed E-state index contributed by atoms with van der Waals surface area (Å²) in [7, 11) is 0. The number of ether oxygens (including phenoxy) is 1. The lowest BCUT2D eigenvalue weighted by atomic mass is 10.1. The Morgan fingerprint density at radius 2 is 2.19 bits per heavy atom. The van der Waals surface area contributed by atoms with Crippen LogP contribution in [0.1, 0.15) is 36.6 Å². The molecule has 0 fully saturated rings. The Balaban J connectivity index is 2.07. The summed E-state index contributed by atoms with van der Waals surface area (Å²) in [6, 6.07) is 6.01. The highest BCUT2D eigenvalue weighted by molar-refractivity contribution is 5.80. The van der Waals surface area contributed by atoms with Gasteiger partial charge in [0.05, 0.1) is 24.7 Å². The zero-order valence-corrected chi connectivity index (χ0v) is 12.8. The molecule has 5 nitrogen and oxygen atoms in total. The summed E-state index contributed by atoms with van der Waals surface area (Å²) >= 11 is 0.